The standard InChI is InChI=1S/C13H15F3O2S/c1-2-3-6-18-12(17)11-5-4-10(13(14,15)16)7-9(11)8-19/h4-5,7,19H,2-3,6,8H2,1H3. The molecule has 0 spiro atoms. The Bertz CT molecular complexity index is 444. The molecular formula is C13H15F3O2S. The molecule has 0 bridgehead atoms. The van der Waals surface area contributed by atoms with E-state index >= 15 is 0 Å². The van der Waals surface area contributed by atoms with E-state index in [1.165, 1.54) is 0 Å². The molecule has 0 atom stereocenters. The van der Waals surface area contributed by atoms with Crippen molar-refractivity contribution in [3.05, 3.63) is 34.9 Å². The van der Waals surface area contributed by atoms with E-state index < -0.39 is 17.7 Å². The Morgan fingerprint density at radius 3 is 2.58 bits per heavy atom. The summed E-state index contributed by atoms with van der Waals surface area (Å²) in [5.74, 6) is -0.562. The van der Waals surface area contributed by atoms with Crippen molar-refractivity contribution in [3.8, 4) is 0 Å². The summed E-state index contributed by atoms with van der Waals surface area (Å²) in [5, 5.41) is 0. The second kappa shape index (κ2) is 6.84. The number of carbonyl (C=O) groups excluding carboxylic acids is 1. The number of thiol groups is 1. The first-order valence-corrected chi connectivity index (χ1v) is 6.51. The van der Waals surface area contributed by atoms with Gasteiger partial charge >= 0.3 is 12.1 Å². The van der Waals surface area contributed by atoms with Gasteiger partial charge < -0.3 is 4.74 Å². The van der Waals surface area contributed by atoms with Gasteiger partial charge in [-0.1, -0.05) is 13.3 Å². The Balaban J connectivity index is 2.93. The predicted molar refractivity (Wildman–Crippen MR) is 69.3 cm³/mol. The van der Waals surface area contributed by atoms with E-state index in [0.29, 0.717) is 0 Å². The normalized spacial score (nSPS) is 11.4. The van der Waals surface area contributed by atoms with Gasteiger partial charge in [-0.2, -0.15) is 25.8 Å². The maximum absolute atomic E-state index is 12.5. The molecule has 0 aromatic heterocycles. The number of rotatable bonds is 5. The van der Waals surface area contributed by atoms with Crippen LogP contribution < -0.4 is 0 Å². The van der Waals surface area contributed by atoms with Gasteiger partial charge in [0.05, 0.1) is 17.7 Å². The van der Waals surface area contributed by atoms with E-state index in [0.717, 1.165) is 31.0 Å². The van der Waals surface area contributed by atoms with Gasteiger partial charge in [0.15, 0.2) is 0 Å². The highest BCUT2D eigenvalue weighted by molar-refractivity contribution is 7.79. The van der Waals surface area contributed by atoms with E-state index in [1.807, 2.05) is 6.92 Å². The first kappa shape index (κ1) is 15.9. The zero-order chi connectivity index (χ0) is 14.5. The fraction of sp³-hybridized carbons (Fsp3) is 0.462. The maximum Gasteiger partial charge on any atom is 0.416 e. The number of halogens is 3. The third-order valence-electron chi connectivity index (χ3n) is 2.55. The number of carbonyl (C=O) groups is 1. The van der Waals surface area contributed by atoms with Crippen molar-refractivity contribution in [3.63, 3.8) is 0 Å². The Morgan fingerprint density at radius 1 is 1.37 bits per heavy atom. The molecule has 0 saturated heterocycles. The lowest BCUT2D eigenvalue weighted by molar-refractivity contribution is -0.137. The molecule has 0 aliphatic heterocycles. The van der Waals surface area contributed by atoms with Crippen molar-refractivity contribution in [1.82, 2.24) is 0 Å². The molecule has 1 aromatic carbocycles. The molecule has 1 aromatic rings. The summed E-state index contributed by atoms with van der Waals surface area (Å²) in [7, 11) is 0. The van der Waals surface area contributed by atoms with E-state index in [1.54, 1.807) is 0 Å². The molecule has 106 valence electrons. The van der Waals surface area contributed by atoms with Gasteiger partial charge in [0.1, 0.15) is 0 Å². The summed E-state index contributed by atoms with van der Waals surface area (Å²) in [6.45, 7) is 2.22. The number of alkyl halides is 3. The van der Waals surface area contributed by atoms with E-state index in [9.17, 15) is 18.0 Å². The highest BCUT2D eigenvalue weighted by atomic mass is 32.1. The number of hydrogen-bond acceptors (Lipinski definition) is 3. The second-order valence-electron chi connectivity index (χ2n) is 4.02. The zero-order valence-corrected chi connectivity index (χ0v) is 11.4. The number of ether oxygens (including phenoxy) is 1. The van der Waals surface area contributed by atoms with E-state index in [2.05, 4.69) is 12.6 Å². The molecule has 1 rings (SSSR count). The summed E-state index contributed by atoms with van der Waals surface area (Å²) in [4.78, 5) is 11.7. The van der Waals surface area contributed by atoms with Crippen LogP contribution in [0.4, 0.5) is 13.2 Å². The average molecular weight is 292 g/mol. The predicted octanol–water partition coefficient (Wildman–Crippen LogP) is 4.09. The number of esters is 1. The maximum atomic E-state index is 12.5. The van der Waals surface area contributed by atoms with Crippen LogP contribution in [-0.4, -0.2) is 12.6 Å². The number of hydrogen-bond donors (Lipinski definition) is 1. The first-order chi connectivity index (χ1) is 8.90. The molecular weight excluding hydrogens is 277 g/mol. The molecule has 0 radical (unpaired) electrons. The van der Waals surface area contributed by atoms with E-state index in [4.69, 9.17) is 4.74 Å². The second-order valence-corrected chi connectivity index (χ2v) is 4.33. The third kappa shape index (κ3) is 4.45. The Hall–Kier alpha value is -1.17. The molecule has 6 heteroatoms. The van der Waals surface area contributed by atoms with Gasteiger partial charge in [-0.15, -0.1) is 0 Å². The highest BCUT2D eigenvalue weighted by Gasteiger charge is 2.31. The van der Waals surface area contributed by atoms with Gasteiger partial charge in [0, 0.05) is 5.75 Å². The zero-order valence-electron chi connectivity index (χ0n) is 10.5. The summed E-state index contributed by atoms with van der Waals surface area (Å²) in [5.41, 5.74) is -0.430. The van der Waals surface area contributed by atoms with Gasteiger partial charge in [-0.05, 0) is 30.2 Å². The molecule has 0 fully saturated rings. The Morgan fingerprint density at radius 2 is 2.05 bits per heavy atom. The molecule has 0 saturated carbocycles. The van der Waals surface area contributed by atoms with Gasteiger partial charge in [-0.25, -0.2) is 4.79 Å². The Labute approximate surface area is 115 Å². The lowest BCUT2D eigenvalue weighted by atomic mass is 10.0. The van der Waals surface area contributed by atoms with Crippen LogP contribution in [0.5, 0.6) is 0 Å². The van der Waals surface area contributed by atoms with Crippen molar-refractivity contribution < 1.29 is 22.7 Å². The van der Waals surface area contributed by atoms with Crippen LogP contribution in [0.2, 0.25) is 0 Å². The number of unbranched alkanes of at least 4 members (excludes halogenated alkanes) is 1. The van der Waals surface area contributed by atoms with E-state index in [-0.39, 0.29) is 23.5 Å². The lowest BCUT2D eigenvalue weighted by Gasteiger charge is -2.12. The molecule has 0 aliphatic rings. The smallest absolute Gasteiger partial charge is 0.416 e. The minimum atomic E-state index is -4.43. The van der Waals surface area contributed by atoms with Crippen LogP contribution in [0.3, 0.4) is 0 Å². The summed E-state index contributed by atoms with van der Waals surface area (Å²) in [6, 6.07) is 2.95. The monoisotopic (exact) mass is 292 g/mol. The van der Waals surface area contributed by atoms with Crippen LogP contribution >= 0.6 is 12.6 Å². The molecule has 0 N–H and O–H groups in total. The highest BCUT2D eigenvalue weighted by Crippen LogP contribution is 2.31. The first-order valence-electron chi connectivity index (χ1n) is 5.88. The summed E-state index contributed by atoms with van der Waals surface area (Å²) in [6.07, 6.45) is -2.83. The SMILES string of the molecule is CCCCOC(=O)c1ccc(C(F)(F)F)cc1CS. The van der Waals surface area contributed by atoms with Crippen molar-refractivity contribution in [1.29, 1.82) is 0 Å². The molecule has 0 unspecified atom stereocenters. The fourth-order valence-electron chi connectivity index (χ4n) is 1.49. The number of benzene rings is 1. The Kier molecular flexibility index (Phi) is 5.72. The van der Waals surface area contributed by atoms with Crippen LogP contribution in [0.1, 0.15) is 41.3 Å². The van der Waals surface area contributed by atoms with Crippen molar-refractivity contribution in [2.24, 2.45) is 0 Å². The molecule has 0 heterocycles. The minimum absolute atomic E-state index is 0.0438. The average Bonchev–Trinajstić information content (AvgIpc) is 2.37. The van der Waals surface area contributed by atoms with Gasteiger partial charge in [-0.3, -0.25) is 0 Å². The lowest BCUT2D eigenvalue weighted by Crippen LogP contribution is -2.11. The summed E-state index contributed by atoms with van der Waals surface area (Å²) >= 11 is 3.95. The van der Waals surface area contributed by atoms with Gasteiger partial charge in [0.25, 0.3) is 0 Å². The van der Waals surface area contributed by atoms with Crippen LogP contribution in [-0.2, 0) is 16.7 Å². The molecule has 0 aliphatic carbocycles. The fourth-order valence-corrected chi connectivity index (χ4v) is 1.75. The van der Waals surface area contributed by atoms with Crippen LogP contribution in [0.15, 0.2) is 18.2 Å². The minimum Gasteiger partial charge on any atom is -0.462 e. The quantitative estimate of drug-likeness (QED) is 0.502. The molecule has 2 nitrogen and oxygen atoms in total. The topological polar surface area (TPSA) is 26.3 Å². The largest absolute Gasteiger partial charge is 0.462 e. The van der Waals surface area contributed by atoms with Gasteiger partial charge in [0.2, 0.25) is 0 Å². The van der Waals surface area contributed by atoms with Crippen LogP contribution in [0, 0.1) is 0 Å². The molecule has 0 amide bonds. The van der Waals surface area contributed by atoms with Crippen LogP contribution in [0.25, 0.3) is 0 Å². The molecule has 19 heavy (non-hydrogen) atoms. The van der Waals surface area contributed by atoms with Crippen molar-refractivity contribution >= 4 is 18.6 Å². The third-order valence-corrected chi connectivity index (χ3v) is 2.89. The van der Waals surface area contributed by atoms with Crippen molar-refractivity contribution in [2.75, 3.05) is 6.61 Å². The summed E-state index contributed by atoms with van der Waals surface area (Å²) < 4.78 is 42.6. The van der Waals surface area contributed by atoms with Crippen molar-refractivity contribution in [2.45, 2.75) is 31.7 Å².